The summed E-state index contributed by atoms with van der Waals surface area (Å²) in [6.07, 6.45) is -6.66. The van der Waals surface area contributed by atoms with Crippen molar-refractivity contribution >= 4 is 11.6 Å². The highest BCUT2D eigenvalue weighted by Crippen LogP contribution is 2.29. The molecule has 3 rings (SSSR count). The van der Waals surface area contributed by atoms with E-state index in [2.05, 4.69) is 10.4 Å². The number of hydrogen-bond acceptors (Lipinski definition) is 5. The van der Waals surface area contributed by atoms with Crippen LogP contribution in [0.1, 0.15) is 34.8 Å². The second kappa shape index (κ2) is 10.1. The molecule has 1 aromatic heterocycles. The molecule has 1 heterocycles. The highest BCUT2D eigenvalue weighted by Gasteiger charge is 2.28. The number of carbonyl (C=O) groups is 1. The summed E-state index contributed by atoms with van der Waals surface area (Å²) in [6.45, 7) is 1.46. The first kappa shape index (κ1) is 25.0. The van der Waals surface area contributed by atoms with Gasteiger partial charge in [-0.2, -0.15) is 4.68 Å². The number of halogens is 4. The number of anilines is 1. The van der Waals surface area contributed by atoms with Crippen molar-refractivity contribution < 1.29 is 32.2 Å². The number of nitrogens with zero attached hydrogens (tertiary/aromatic N) is 3. The Morgan fingerprint density at radius 3 is 2.50 bits per heavy atom. The summed E-state index contributed by atoms with van der Waals surface area (Å²) in [6, 6.07) is 8.16. The summed E-state index contributed by atoms with van der Waals surface area (Å²) in [5.41, 5.74) is -0.837. The smallest absolute Gasteiger partial charge is 0.350 e. The zero-order valence-corrected chi connectivity index (χ0v) is 18.4. The molecule has 0 unspecified atom stereocenters. The summed E-state index contributed by atoms with van der Waals surface area (Å²) in [7, 11) is 1.29. The Kier molecular flexibility index (Phi) is 7.40. The average molecular weight is 482 g/mol. The molecule has 3 aromatic rings. The Bertz CT molecular complexity index is 1260. The summed E-state index contributed by atoms with van der Waals surface area (Å²) < 4.78 is 61.2. The van der Waals surface area contributed by atoms with Gasteiger partial charge < -0.3 is 15.2 Å². The molecule has 2 N–H and O–H groups in total. The van der Waals surface area contributed by atoms with Crippen LogP contribution in [0.2, 0.25) is 0 Å². The van der Waals surface area contributed by atoms with Crippen LogP contribution in [0.3, 0.4) is 0 Å². The van der Waals surface area contributed by atoms with E-state index in [9.17, 15) is 27.9 Å². The lowest BCUT2D eigenvalue weighted by Gasteiger charge is -2.19. The number of aliphatic hydroxyl groups excluding tert-OH is 1. The Balaban J connectivity index is 2.14. The molecular formula is C22H22F4N4O4. The van der Waals surface area contributed by atoms with Crippen molar-refractivity contribution in [1.29, 1.82) is 0 Å². The molecule has 1 amide bonds. The lowest BCUT2D eigenvalue weighted by molar-refractivity contribution is -0.00159. The number of aryl methyl sites for hydroxylation is 1. The zero-order chi connectivity index (χ0) is 25.2. The van der Waals surface area contributed by atoms with E-state index in [1.165, 1.54) is 14.0 Å². The van der Waals surface area contributed by atoms with E-state index >= 15 is 4.39 Å². The fraction of sp³-hybridized carbons (Fsp3) is 0.318. The average Bonchev–Trinajstić information content (AvgIpc) is 3.08. The SMILES string of the molecule is Cc1ccccc1NC(=O)c1cc(F)c(-n2nc([C@H](C)O)n(C)c2=O)cc1O[C@@H](CF)C(F)F. The highest BCUT2D eigenvalue weighted by molar-refractivity contribution is 6.06. The number of alkyl halides is 3. The van der Waals surface area contributed by atoms with Crippen molar-refractivity contribution in [1.82, 2.24) is 14.3 Å². The fourth-order valence-electron chi connectivity index (χ4n) is 3.17. The molecule has 0 bridgehead atoms. The molecular weight excluding hydrogens is 460 g/mol. The summed E-state index contributed by atoms with van der Waals surface area (Å²) >= 11 is 0. The first-order chi connectivity index (χ1) is 16.0. The Hall–Kier alpha value is -3.67. The number of para-hydroxylation sites is 1. The number of benzene rings is 2. The van der Waals surface area contributed by atoms with Crippen molar-refractivity contribution in [3.63, 3.8) is 0 Å². The fourth-order valence-corrected chi connectivity index (χ4v) is 3.17. The standard InChI is InChI=1S/C22H22F4N4O4/c1-11-6-4-5-7-15(11)27-21(32)13-8-14(24)16(9-17(13)34-18(10-23)19(25)26)30-22(33)29(3)20(28-30)12(2)31/h4-9,12,18-19,31H,10H2,1-3H3,(H,27,32)/t12-,18-/m0/s1. The van der Waals surface area contributed by atoms with Gasteiger partial charge in [-0.25, -0.2) is 22.4 Å². The zero-order valence-electron chi connectivity index (χ0n) is 18.4. The third-order valence-electron chi connectivity index (χ3n) is 5.01. The predicted octanol–water partition coefficient (Wildman–Crippen LogP) is 3.31. The molecule has 12 heteroatoms. The first-order valence-corrected chi connectivity index (χ1v) is 10.1. The number of rotatable bonds is 8. The van der Waals surface area contributed by atoms with E-state index in [4.69, 9.17) is 4.74 Å². The summed E-state index contributed by atoms with van der Waals surface area (Å²) in [5.74, 6) is -2.68. The number of hydrogen-bond donors (Lipinski definition) is 2. The number of aromatic nitrogens is 3. The van der Waals surface area contributed by atoms with E-state index in [1.807, 2.05) is 0 Å². The van der Waals surface area contributed by atoms with Gasteiger partial charge in [-0.3, -0.25) is 9.36 Å². The molecule has 34 heavy (non-hydrogen) atoms. The topological polar surface area (TPSA) is 98.4 Å². The number of nitrogens with one attached hydrogen (secondary N) is 1. The van der Waals surface area contributed by atoms with Crippen LogP contribution in [0, 0.1) is 12.7 Å². The second-order valence-corrected chi connectivity index (χ2v) is 7.50. The molecule has 0 saturated carbocycles. The maximum atomic E-state index is 15.1. The van der Waals surface area contributed by atoms with Crippen molar-refractivity contribution in [3.05, 3.63) is 69.7 Å². The normalized spacial score (nSPS) is 13.1. The molecule has 0 saturated heterocycles. The maximum Gasteiger partial charge on any atom is 0.350 e. The van der Waals surface area contributed by atoms with Crippen LogP contribution < -0.4 is 15.7 Å². The molecule has 182 valence electrons. The molecule has 0 aliphatic heterocycles. The Morgan fingerprint density at radius 2 is 1.94 bits per heavy atom. The van der Waals surface area contributed by atoms with Gasteiger partial charge in [0, 0.05) is 18.8 Å². The minimum Gasteiger partial charge on any atom is -0.481 e. The van der Waals surface area contributed by atoms with Gasteiger partial charge in [0.05, 0.1) is 5.56 Å². The highest BCUT2D eigenvalue weighted by atomic mass is 19.3. The lowest BCUT2D eigenvalue weighted by atomic mass is 10.1. The van der Waals surface area contributed by atoms with E-state index in [0.717, 1.165) is 10.6 Å². The first-order valence-electron chi connectivity index (χ1n) is 10.1. The maximum absolute atomic E-state index is 15.1. The number of aliphatic hydroxyl groups is 1. The summed E-state index contributed by atoms with van der Waals surface area (Å²) in [5, 5.41) is 16.2. The molecule has 0 radical (unpaired) electrons. The van der Waals surface area contributed by atoms with E-state index in [1.54, 1.807) is 31.2 Å². The molecule has 8 nitrogen and oxygen atoms in total. The predicted molar refractivity (Wildman–Crippen MR) is 115 cm³/mol. The van der Waals surface area contributed by atoms with Gasteiger partial charge in [-0.15, -0.1) is 5.10 Å². The van der Waals surface area contributed by atoms with Crippen molar-refractivity contribution in [2.45, 2.75) is 32.5 Å². The van der Waals surface area contributed by atoms with E-state index < -0.39 is 59.7 Å². The molecule has 0 spiro atoms. The van der Waals surface area contributed by atoms with Crippen molar-refractivity contribution in [3.8, 4) is 11.4 Å². The molecule has 2 atom stereocenters. The Morgan fingerprint density at radius 1 is 1.26 bits per heavy atom. The van der Waals surface area contributed by atoms with Gasteiger partial charge in [0.1, 0.15) is 30.0 Å². The number of ether oxygens (including phenoxy) is 1. The second-order valence-electron chi connectivity index (χ2n) is 7.50. The van der Waals surface area contributed by atoms with Crippen molar-refractivity contribution in [2.75, 3.05) is 12.0 Å². The van der Waals surface area contributed by atoms with Crippen molar-refractivity contribution in [2.24, 2.45) is 7.05 Å². The summed E-state index contributed by atoms with van der Waals surface area (Å²) in [4.78, 5) is 25.4. The molecule has 2 aromatic carbocycles. The number of amides is 1. The van der Waals surface area contributed by atoms with Gasteiger partial charge in [0.2, 0.25) is 0 Å². The third kappa shape index (κ3) is 4.96. The van der Waals surface area contributed by atoms with Crippen LogP contribution in [0.15, 0.2) is 41.2 Å². The van der Waals surface area contributed by atoms with Gasteiger partial charge in [-0.1, -0.05) is 18.2 Å². The van der Waals surface area contributed by atoms with E-state index in [-0.39, 0.29) is 5.82 Å². The monoisotopic (exact) mass is 482 g/mol. The largest absolute Gasteiger partial charge is 0.481 e. The minimum absolute atomic E-state index is 0.0949. The third-order valence-corrected chi connectivity index (χ3v) is 5.01. The molecule has 0 aliphatic rings. The van der Waals surface area contributed by atoms with Gasteiger partial charge in [0.25, 0.3) is 12.3 Å². The van der Waals surface area contributed by atoms with E-state index in [0.29, 0.717) is 22.0 Å². The molecule has 0 aliphatic carbocycles. The number of carbonyl (C=O) groups excluding carboxylic acids is 1. The lowest BCUT2D eigenvalue weighted by Crippen LogP contribution is -2.29. The van der Waals surface area contributed by atoms with Crippen LogP contribution in [0.5, 0.6) is 5.75 Å². The van der Waals surface area contributed by atoms with Gasteiger partial charge in [0.15, 0.2) is 11.9 Å². The van der Waals surface area contributed by atoms with Crippen LogP contribution in [-0.2, 0) is 7.05 Å². The van der Waals surface area contributed by atoms with Gasteiger partial charge in [-0.05, 0) is 31.5 Å². The van der Waals surface area contributed by atoms with Crippen LogP contribution >= 0.6 is 0 Å². The van der Waals surface area contributed by atoms with Crippen LogP contribution in [0.25, 0.3) is 5.69 Å². The van der Waals surface area contributed by atoms with Gasteiger partial charge >= 0.3 is 5.69 Å². The Labute approximate surface area is 191 Å². The minimum atomic E-state index is -3.25. The molecule has 0 fully saturated rings. The van der Waals surface area contributed by atoms with Crippen LogP contribution in [-0.4, -0.2) is 44.6 Å². The quantitative estimate of drug-likeness (QED) is 0.480. The van der Waals surface area contributed by atoms with Crippen LogP contribution in [0.4, 0.5) is 23.2 Å².